The van der Waals surface area contributed by atoms with Crippen molar-refractivity contribution in [1.82, 2.24) is 0 Å². The van der Waals surface area contributed by atoms with Gasteiger partial charge >= 0.3 is 7.32 Å². The van der Waals surface area contributed by atoms with Gasteiger partial charge in [-0.25, -0.2) is 0 Å². The fourth-order valence-electron chi connectivity index (χ4n) is 2.73. The maximum atomic E-state index is 8.89. The highest BCUT2D eigenvalue weighted by Crippen LogP contribution is 2.28. The first kappa shape index (κ1) is 18.5. The summed E-state index contributed by atoms with van der Waals surface area (Å²) in [4.78, 5) is 0. The molecule has 1 fully saturated rings. The lowest BCUT2D eigenvalue weighted by Gasteiger charge is -2.15. The minimum Gasteiger partial charge on any atom is -0.457 e. The molecule has 2 aromatic rings. The van der Waals surface area contributed by atoms with Crippen LogP contribution in [0.4, 0.5) is 0 Å². The van der Waals surface area contributed by atoms with Gasteiger partial charge in [0.1, 0.15) is 11.5 Å². The molecule has 6 heteroatoms. The van der Waals surface area contributed by atoms with Gasteiger partial charge in [-0.15, -0.1) is 0 Å². The van der Waals surface area contributed by atoms with E-state index in [2.05, 4.69) is 12.1 Å². The molecule has 26 heavy (non-hydrogen) atoms. The summed E-state index contributed by atoms with van der Waals surface area (Å²) in [5.74, 6) is 1.46. The van der Waals surface area contributed by atoms with E-state index in [0.29, 0.717) is 31.1 Å². The molecule has 0 unspecified atom stereocenters. The summed E-state index contributed by atoms with van der Waals surface area (Å²) in [7, 11) is -0.610. The van der Waals surface area contributed by atoms with Crippen LogP contribution in [-0.4, -0.2) is 20.5 Å². The molecule has 1 aliphatic heterocycles. The van der Waals surface area contributed by atoms with Crippen LogP contribution in [0.5, 0.6) is 11.5 Å². The molecule has 1 saturated heterocycles. The van der Waals surface area contributed by atoms with E-state index in [9.17, 15) is 0 Å². The Kier molecular flexibility index (Phi) is 6.29. The van der Waals surface area contributed by atoms with E-state index in [1.165, 1.54) is 0 Å². The molecule has 5 nitrogen and oxygen atoms in total. The zero-order valence-electron chi connectivity index (χ0n) is 15.2. The Morgan fingerprint density at radius 1 is 1.04 bits per heavy atom. The van der Waals surface area contributed by atoms with Gasteiger partial charge in [-0.2, -0.15) is 5.26 Å². The molecule has 0 bridgehead atoms. The molecule has 0 radical (unpaired) electrons. The van der Waals surface area contributed by atoms with E-state index in [4.69, 9.17) is 24.0 Å². The van der Waals surface area contributed by atoms with Gasteiger partial charge in [-0.05, 0) is 73.7 Å². The normalized spacial score (nSPS) is 14.6. The number of hydrogen-bond acceptors (Lipinski definition) is 5. The zero-order valence-corrected chi connectivity index (χ0v) is 15.2. The number of hydrogen-bond donors (Lipinski definition) is 0. The van der Waals surface area contributed by atoms with Gasteiger partial charge in [0.05, 0.1) is 18.2 Å². The number of nitriles is 1. The predicted octanol–water partition coefficient (Wildman–Crippen LogP) is 4.30. The summed E-state index contributed by atoms with van der Waals surface area (Å²) < 4.78 is 22.8. The SMILES string of the molecule is Cc1cc(C)c(Oc2ccc(C#N)cc2)cc1COB1OCCCCO1. The van der Waals surface area contributed by atoms with Crippen molar-refractivity contribution in [3.63, 3.8) is 0 Å². The molecule has 0 aromatic heterocycles. The van der Waals surface area contributed by atoms with Crippen LogP contribution in [0.15, 0.2) is 36.4 Å². The Balaban J connectivity index is 1.70. The molecule has 0 amide bonds. The van der Waals surface area contributed by atoms with Crippen LogP contribution in [0.2, 0.25) is 0 Å². The zero-order chi connectivity index (χ0) is 18.4. The minimum atomic E-state index is -0.610. The summed E-state index contributed by atoms with van der Waals surface area (Å²) in [5.41, 5.74) is 3.80. The van der Waals surface area contributed by atoms with Crippen molar-refractivity contribution in [2.45, 2.75) is 33.3 Å². The number of benzene rings is 2. The van der Waals surface area contributed by atoms with E-state index >= 15 is 0 Å². The Morgan fingerprint density at radius 3 is 2.38 bits per heavy atom. The Bertz CT molecular complexity index is 778. The molecular weight excluding hydrogens is 329 g/mol. The minimum absolute atomic E-state index is 0.389. The second-order valence-electron chi connectivity index (χ2n) is 6.33. The van der Waals surface area contributed by atoms with Gasteiger partial charge < -0.3 is 18.7 Å². The van der Waals surface area contributed by atoms with Gasteiger partial charge in [0, 0.05) is 13.2 Å². The van der Waals surface area contributed by atoms with Crippen LogP contribution < -0.4 is 4.74 Å². The molecule has 0 saturated carbocycles. The van der Waals surface area contributed by atoms with Crippen molar-refractivity contribution >= 4 is 7.32 Å². The van der Waals surface area contributed by atoms with E-state index in [1.54, 1.807) is 24.3 Å². The first-order valence-electron chi connectivity index (χ1n) is 8.78. The van der Waals surface area contributed by atoms with Crippen molar-refractivity contribution < 1.29 is 18.7 Å². The van der Waals surface area contributed by atoms with Crippen LogP contribution in [0, 0.1) is 25.2 Å². The maximum absolute atomic E-state index is 8.89. The monoisotopic (exact) mass is 351 g/mol. The molecular formula is C20H22BNO4. The van der Waals surface area contributed by atoms with E-state index < -0.39 is 7.32 Å². The molecule has 134 valence electrons. The second-order valence-corrected chi connectivity index (χ2v) is 6.33. The molecule has 0 N–H and O–H groups in total. The summed E-state index contributed by atoms with van der Waals surface area (Å²) >= 11 is 0. The first-order chi connectivity index (χ1) is 12.7. The third kappa shape index (κ3) is 4.86. The van der Waals surface area contributed by atoms with Gasteiger partial charge in [0.2, 0.25) is 0 Å². The Morgan fingerprint density at radius 2 is 1.73 bits per heavy atom. The van der Waals surface area contributed by atoms with Gasteiger partial charge in [0.25, 0.3) is 0 Å². The van der Waals surface area contributed by atoms with Crippen LogP contribution in [0.1, 0.15) is 35.1 Å². The molecule has 0 spiro atoms. The molecule has 1 heterocycles. The Hall–Kier alpha value is -2.33. The van der Waals surface area contributed by atoms with Crippen molar-refractivity contribution in [1.29, 1.82) is 5.26 Å². The third-order valence-corrected chi connectivity index (χ3v) is 4.27. The van der Waals surface area contributed by atoms with Crippen LogP contribution in [0.25, 0.3) is 0 Å². The van der Waals surface area contributed by atoms with Crippen LogP contribution in [0.3, 0.4) is 0 Å². The predicted molar refractivity (Wildman–Crippen MR) is 98.8 cm³/mol. The average molecular weight is 351 g/mol. The van der Waals surface area contributed by atoms with E-state index in [1.807, 2.05) is 19.9 Å². The Labute approximate surface area is 154 Å². The summed E-state index contributed by atoms with van der Waals surface area (Å²) in [6.07, 6.45) is 1.98. The molecule has 1 aliphatic rings. The van der Waals surface area contributed by atoms with Crippen LogP contribution in [-0.2, 0) is 20.6 Å². The number of aryl methyl sites for hydroxylation is 2. The van der Waals surface area contributed by atoms with E-state index in [-0.39, 0.29) is 0 Å². The standard InChI is InChI=1S/C20H22BNO4/c1-15-11-16(2)20(26-19-7-5-17(13-22)6-8-19)12-18(15)14-25-21-23-9-3-4-10-24-21/h5-8,11-12H,3-4,9-10,14H2,1-2H3. The van der Waals surface area contributed by atoms with Crippen molar-refractivity contribution in [2.24, 2.45) is 0 Å². The quantitative estimate of drug-likeness (QED) is 0.752. The highest BCUT2D eigenvalue weighted by Gasteiger charge is 2.23. The van der Waals surface area contributed by atoms with Gasteiger partial charge in [-0.1, -0.05) is 6.07 Å². The summed E-state index contributed by atoms with van der Waals surface area (Å²) in [6, 6.07) is 13.2. The lowest BCUT2D eigenvalue weighted by Crippen LogP contribution is -2.26. The fourth-order valence-corrected chi connectivity index (χ4v) is 2.73. The summed E-state index contributed by atoms with van der Waals surface area (Å²) in [5, 5.41) is 8.89. The highest BCUT2D eigenvalue weighted by molar-refractivity contribution is 6.36. The second kappa shape index (κ2) is 8.86. The van der Waals surface area contributed by atoms with Crippen LogP contribution >= 0.6 is 0 Å². The molecule has 2 aromatic carbocycles. The fraction of sp³-hybridized carbons (Fsp3) is 0.350. The smallest absolute Gasteiger partial charge is 0.457 e. The first-order valence-corrected chi connectivity index (χ1v) is 8.78. The third-order valence-electron chi connectivity index (χ3n) is 4.27. The molecule has 0 aliphatic carbocycles. The number of ether oxygens (including phenoxy) is 1. The highest BCUT2D eigenvalue weighted by atomic mass is 16.7. The topological polar surface area (TPSA) is 60.7 Å². The molecule has 0 atom stereocenters. The number of rotatable bonds is 5. The van der Waals surface area contributed by atoms with Crippen molar-refractivity contribution in [3.8, 4) is 17.6 Å². The van der Waals surface area contributed by atoms with Crippen molar-refractivity contribution in [3.05, 3.63) is 58.7 Å². The maximum Gasteiger partial charge on any atom is 0.639 e. The summed E-state index contributed by atoms with van der Waals surface area (Å²) in [6.45, 7) is 5.76. The number of nitrogens with zero attached hydrogens (tertiary/aromatic N) is 1. The average Bonchev–Trinajstić information content (AvgIpc) is 2.92. The molecule has 3 rings (SSSR count). The lowest BCUT2D eigenvalue weighted by molar-refractivity contribution is 0.107. The van der Waals surface area contributed by atoms with E-state index in [0.717, 1.165) is 35.3 Å². The van der Waals surface area contributed by atoms with Gasteiger partial charge in [-0.3, -0.25) is 0 Å². The largest absolute Gasteiger partial charge is 0.639 e. The van der Waals surface area contributed by atoms with Gasteiger partial charge in [0.15, 0.2) is 0 Å². The lowest BCUT2D eigenvalue weighted by atomic mass is 10.0. The van der Waals surface area contributed by atoms with Crippen molar-refractivity contribution in [2.75, 3.05) is 13.2 Å².